The van der Waals surface area contributed by atoms with E-state index in [9.17, 15) is 33.9 Å². The van der Waals surface area contributed by atoms with Crippen LogP contribution in [0.15, 0.2) is 60.8 Å². The molecule has 3 atom stereocenters. The molecule has 4 amide bonds. The molecule has 2 aromatic carbocycles. The van der Waals surface area contributed by atoms with Gasteiger partial charge in [-0.15, -0.1) is 0 Å². The average Bonchev–Trinajstić information content (AvgIpc) is 3.38. The summed E-state index contributed by atoms with van der Waals surface area (Å²) in [5, 5.41) is 26.4. The van der Waals surface area contributed by atoms with E-state index in [0.29, 0.717) is 11.3 Å². The second-order valence-corrected chi connectivity index (χ2v) is 9.67. The lowest BCUT2D eigenvalue weighted by Gasteiger charge is -2.24. The Morgan fingerprint density at radius 3 is 2.00 bits per heavy atom. The number of benzene rings is 2. The van der Waals surface area contributed by atoms with E-state index in [1.807, 2.05) is 12.1 Å². The topological polar surface area (TPSA) is 230 Å². The zero-order valence-electron chi connectivity index (χ0n) is 23.1. The summed E-state index contributed by atoms with van der Waals surface area (Å²) in [5.41, 5.74) is 6.78. The molecular formula is C29H33N5O9. The molecule has 0 bridgehead atoms. The van der Waals surface area contributed by atoms with Crippen LogP contribution < -0.4 is 26.4 Å². The molecule has 8 N–H and O–H groups in total. The lowest BCUT2D eigenvalue weighted by atomic mass is 10.0. The van der Waals surface area contributed by atoms with Gasteiger partial charge >= 0.3 is 11.9 Å². The predicted molar refractivity (Wildman–Crippen MR) is 153 cm³/mol. The molecule has 3 aromatic rings. The predicted octanol–water partition coefficient (Wildman–Crippen LogP) is 0.459. The monoisotopic (exact) mass is 595 g/mol. The minimum absolute atomic E-state index is 0.0668. The van der Waals surface area contributed by atoms with E-state index in [-0.39, 0.29) is 19.3 Å². The van der Waals surface area contributed by atoms with Crippen molar-refractivity contribution in [3.63, 3.8) is 0 Å². The number of carboxylic acids is 2. The van der Waals surface area contributed by atoms with Crippen LogP contribution >= 0.6 is 0 Å². The number of carboxylic acid groups (broad SMARTS) is 2. The largest absolute Gasteiger partial charge is 0.484 e. The van der Waals surface area contributed by atoms with E-state index in [4.69, 9.17) is 15.6 Å². The number of hydrogen-bond acceptors (Lipinski definition) is 7. The maximum Gasteiger partial charge on any atom is 0.303 e. The first kappa shape index (κ1) is 32.1. The van der Waals surface area contributed by atoms with Gasteiger partial charge in [-0.2, -0.15) is 0 Å². The Kier molecular flexibility index (Phi) is 11.6. The Bertz CT molecular complexity index is 1460. The van der Waals surface area contributed by atoms with Crippen LogP contribution in [0, 0.1) is 0 Å². The Labute approximate surface area is 246 Å². The van der Waals surface area contributed by atoms with Crippen LogP contribution in [-0.2, 0) is 35.2 Å². The van der Waals surface area contributed by atoms with Crippen molar-refractivity contribution >= 4 is 46.5 Å². The number of rotatable bonds is 17. The van der Waals surface area contributed by atoms with E-state index < -0.39 is 73.1 Å². The number of ether oxygens (including phenoxy) is 1. The third-order valence-corrected chi connectivity index (χ3v) is 6.45. The first-order valence-electron chi connectivity index (χ1n) is 13.4. The summed E-state index contributed by atoms with van der Waals surface area (Å²) in [7, 11) is 0. The number of primary amides is 1. The number of fused-ring (bicyclic) bond motifs is 1. The molecule has 0 saturated carbocycles. The maximum atomic E-state index is 13.4. The van der Waals surface area contributed by atoms with Crippen LogP contribution in [-0.4, -0.2) is 75.5 Å². The van der Waals surface area contributed by atoms with Crippen LogP contribution in [0.2, 0.25) is 0 Å². The van der Waals surface area contributed by atoms with E-state index in [0.717, 1.165) is 10.9 Å². The van der Waals surface area contributed by atoms with Crippen molar-refractivity contribution in [2.75, 3.05) is 6.61 Å². The molecular weight excluding hydrogens is 562 g/mol. The molecule has 0 fully saturated rings. The molecule has 228 valence electrons. The second-order valence-electron chi connectivity index (χ2n) is 9.67. The molecule has 0 aliphatic heterocycles. The van der Waals surface area contributed by atoms with Gasteiger partial charge in [0, 0.05) is 36.4 Å². The average molecular weight is 596 g/mol. The van der Waals surface area contributed by atoms with Crippen molar-refractivity contribution in [1.82, 2.24) is 20.9 Å². The molecule has 0 unspecified atom stereocenters. The molecule has 14 nitrogen and oxygen atoms in total. The van der Waals surface area contributed by atoms with E-state index in [2.05, 4.69) is 20.9 Å². The molecule has 0 radical (unpaired) electrons. The number of carbonyl (C=O) groups is 6. The Morgan fingerprint density at radius 2 is 1.35 bits per heavy atom. The summed E-state index contributed by atoms with van der Waals surface area (Å²) in [6, 6.07) is 11.7. The fourth-order valence-electron chi connectivity index (χ4n) is 4.27. The van der Waals surface area contributed by atoms with Gasteiger partial charge in [0.05, 0.1) is 0 Å². The summed E-state index contributed by atoms with van der Waals surface area (Å²) in [5.74, 6) is -5.34. The highest BCUT2D eigenvalue weighted by molar-refractivity contribution is 5.95. The quantitative estimate of drug-likeness (QED) is 0.115. The lowest BCUT2D eigenvalue weighted by Crippen LogP contribution is -2.57. The van der Waals surface area contributed by atoms with E-state index in [1.165, 1.54) is 0 Å². The van der Waals surface area contributed by atoms with Crippen LogP contribution in [0.4, 0.5) is 0 Å². The number of aromatic nitrogens is 1. The summed E-state index contributed by atoms with van der Waals surface area (Å²) in [6.07, 6.45) is 0.114. The second kappa shape index (κ2) is 15.6. The minimum Gasteiger partial charge on any atom is -0.484 e. The molecule has 0 aliphatic carbocycles. The molecule has 3 rings (SSSR count). The number of nitrogens with two attached hydrogens (primary N) is 1. The summed E-state index contributed by atoms with van der Waals surface area (Å²) in [4.78, 5) is 76.6. The van der Waals surface area contributed by atoms with Crippen LogP contribution in [0.25, 0.3) is 10.9 Å². The Morgan fingerprint density at radius 1 is 0.767 bits per heavy atom. The van der Waals surface area contributed by atoms with Crippen LogP contribution in [0.1, 0.15) is 31.2 Å². The van der Waals surface area contributed by atoms with Gasteiger partial charge in [0.1, 0.15) is 23.9 Å². The zero-order chi connectivity index (χ0) is 31.4. The number of para-hydroxylation sites is 2. The lowest BCUT2D eigenvalue weighted by molar-refractivity contribution is -0.138. The van der Waals surface area contributed by atoms with Gasteiger partial charge in [-0.1, -0.05) is 36.4 Å². The van der Waals surface area contributed by atoms with Gasteiger partial charge in [-0.05, 0) is 36.6 Å². The maximum absolute atomic E-state index is 13.4. The molecule has 14 heteroatoms. The van der Waals surface area contributed by atoms with Crippen molar-refractivity contribution in [2.45, 2.75) is 50.2 Å². The fraction of sp³-hybridized carbons (Fsp3) is 0.310. The first-order valence-corrected chi connectivity index (χ1v) is 13.4. The zero-order valence-corrected chi connectivity index (χ0v) is 23.1. The Hall–Kier alpha value is -5.40. The van der Waals surface area contributed by atoms with Gasteiger partial charge < -0.3 is 41.6 Å². The van der Waals surface area contributed by atoms with Crippen LogP contribution in [0.5, 0.6) is 5.75 Å². The van der Waals surface area contributed by atoms with E-state index >= 15 is 0 Å². The Balaban J connectivity index is 1.80. The van der Waals surface area contributed by atoms with E-state index in [1.54, 1.807) is 48.7 Å². The minimum atomic E-state index is -1.35. The third-order valence-electron chi connectivity index (χ3n) is 6.45. The molecule has 0 saturated heterocycles. The smallest absolute Gasteiger partial charge is 0.303 e. The number of aromatic amines is 1. The van der Waals surface area contributed by atoms with Crippen molar-refractivity contribution in [2.24, 2.45) is 5.73 Å². The number of nitrogens with one attached hydrogen (secondary N) is 4. The third kappa shape index (κ3) is 10.2. The number of carbonyl (C=O) groups excluding carboxylic acids is 4. The van der Waals surface area contributed by atoms with Gasteiger partial charge in [-0.25, -0.2) is 0 Å². The number of H-pyrrole nitrogens is 1. The van der Waals surface area contributed by atoms with Crippen molar-refractivity contribution in [1.29, 1.82) is 0 Å². The highest BCUT2D eigenvalue weighted by atomic mass is 16.5. The van der Waals surface area contributed by atoms with Crippen molar-refractivity contribution < 1.29 is 43.7 Å². The fourth-order valence-corrected chi connectivity index (χ4v) is 4.27. The SMILES string of the molecule is NC(=O)[C@H](CCC(=O)O)NC(=O)[C@H](Cc1c[nH]c2ccccc12)NC(=O)[C@H](CCC(=O)O)NC(=O)COc1ccccc1. The molecule has 0 aliphatic rings. The number of aliphatic carboxylic acids is 2. The molecule has 43 heavy (non-hydrogen) atoms. The molecule has 1 heterocycles. The summed E-state index contributed by atoms with van der Waals surface area (Å²) in [6.45, 7) is -0.454. The first-order chi connectivity index (χ1) is 20.5. The summed E-state index contributed by atoms with van der Waals surface area (Å²) >= 11 is 0. The standard InChI is InChI=1S/C29H33N5O9/c30-27(40)21(10-12-25(36)37)33-29(42)23(14-17-15-31-20-9-5-4-8-19(17)20)34-28(41)22(11-13-26(38)39)32-24(35)16-43-18-6-2-1-3-7-18/h1-9,15,21-23,31H,10-14,16H2,(H2,30,40)(H,32,35)(H,33,42)(H,34,41)(H,36,37)(H,38,39)/t21-,22-,23-/m0/s1. The normalized spacial score (nSPS) is 12.8. The highest BCUT2D eigenvalue weighted by Gasteiger charge is 2.30. The molecule has 0 spiro atoms. The number of hydrogen-bond donors (Lipinski definition) is 7. The van der Waals surface area contributed by atoms with Gasteiger partial charge in [0.15, 0.2) is 6.61 Å². The van der Waals surface area contributed by atoms with Crippen molar-refractivity contribution in [3.05, 3.63) is 66.4 Å². The molecule has 1 aromatic heterocycles. The highest BCUT2D eigenvalue weighted by Crippen LogP contribution is 2.19. The van der Waals surface area contributed by atoms with Gasteiger partial charge in [-0.3, -0.25) is 28.8 Å². The van der Waals surface area contributed by atoms with Gasteiger partial charge in [0.2, 0.25) is 17.7 Å². The number of amides is 4. The van der Waals surface area contributed by atoms with Crippen LogP contribution in [0.3, 0.4) is 0 Å². The van der Waals surface area contributed by atoms with Gasteiger partial charge in [0.25, 0.3) is 5.91 Å². The summed E-state index contributed by atoms with van der Waals surface area (Å²) < 4.78 is 5.40. The van der Waals surface area contributed by atoms with Crippen molar-refractivity contribution in [3.8, 4) is 5.75 Å².